The van der Waals surface area contributed by atoms with E-state index >= 15 is 0 Å². The molecule has 0 radical (unpaired) electrons. The Bertz CT molecular complexity index is 865. The number of carbonyl (C=O) groups excluding carboxylic acids is 2. The molecule has 0 aliphatic carbocycles. The van der Waals surface area contributed by atoms with Crippen LogP contribution < -0.4 is 0 Å². The minimum atomic E-state index is -0.414. The number of aromatic nitrogens is 1. The third-order valence-electron chi connectivity index (χ3n) is 5.53. The van der Waals surface area contributed by atoms with Gasteiger partial charge >= 0.3 is 6.09 Å². The van der Waals surface area contributed by atoms with Crippen LogP contribution in [0.25, 0.3) is 0 Å². The van der Waals surface area contributed by atoms with Crippen LogP contribution in [0.4, 0.5) is 9.18 Å². The van der Waals surface area contributed by atoms with E-state index in [9.17, 15) is 14.0 Å². The molecule has 6 nitrogen and oxygen atoms in total. The summed E-state index contributed by atoms with van der Waals surface area (Å²) >= 11 is 0. The first-order valence-corrected chi connectivity index (χ1v) is 10.7. The van der Waals surface area contributed by atoms with E-state index in [1.165, 1.54) is 12.1 Å². The lowest BCUT2D eigenvalue weighted by molar-refractivity contribution is -0.137. The SMILES string of the molecule is CC(C)COC(=O)N1CCC(C(=O)N(C)C(c2ccc(F)cc2)c2ccccn2)CC1. The highest BCUT2D eigenvalue weighted by Gasteiger charge is 2.33. The van der Waals surface area contributed by atoms with Crippen LogP contribution in [0.2, 0.25) is 0 Å². The molecule has 2 aromatic rings. The molecule has 1 fully saturated rings. The lowest BCUT2D eigenvalue weighted by atomic mass is 9.93. The molecule has 2 amide bonds. The van der Waals surface area contributed by atoms with Crippen molar-refractivity contribution in [3.8, 4) is 0 Å². The number of hydrogen-bond donors (Lipinski definition) is 0. The molecule has 2 heterocycles. The molecule has 1 aromatic carbocycles. The number of ether oxygens (including phenoxy) is 1. The van der Waals surface area contributed by atoms with Gasteiger partial charge in [0.1, 0.15) is 5.82 Å². The van der Waals surface area contributed by atoms with E-state index in [1.54, 1.807) is 35.2 Å². The van der Waals surface area contributed by atoms with Crippen LogP contribution in [0.5, 0.6) is 0 Å². The molecule has 0 N–H and O–H groups in total. The van der Waals surface area contributed by atoms with Crippen LogP contribution in [-0.4, -0.2) is 53.5 Å². The van der Waals surface area contributed by atoms with E-state index in [4.69, 9.17) is 4.74 Å². The Kier molecular flexibility index (Phi) is 7.60. The highest BCUT2D eigenvalue weighted by Crippen LogP contribution is 2.30. The van der Waals surface area contributed by atoms with E-state index in [0.717, 1.165) is 11.3 Å². The highest BCUT2D eigenvalue weighted by atomic mass is 19.1. The van der Waals surface area contributed by atoms with Gasteiger partial charge in [0.05, 0.1) is 18.3 Å². The van der Waals surface area contributed by atoms with Crippen LogP contribution in [-0.2, 0) is 9.53 Å². The molecule has 1 atom stereocenters. The largest absolute Gasteiger partial charge is 0.449 e. The standard InChI is InChI=1S/C24H30FN3O3/c1-17(2)16-31-24(30)28-14-11-19(12-15-28)23(29)27(3)22(21-6-4-5-13-26-21)18-7-9-20(25)10-8-18/h4-10,13,17,19,22H,11-12,14-16H2,1-3H3. The average Bonchev–Trinajstić information content (AvgIpc) is 2.79. The van der Waals surface area contributed by atoms with Gasteiger partial charge in [0.2, 0.25) is 5.91 Å². The van der Waals surface area contributed by atoms with Crippen molar-refractivity contribution in [3.05, 3.63) is 65.7 Å². The maximum atomic E-state index is 13.5. The molecule has 31 heavy (non-hydrogen) atoms. The van der Waals surface area contributed by atoms with E-state index in [2.05, 4.69) is 4.98 Å². The summed E-state index contributed by atoms with van der Waals surface area (Å²) in [6.45, 7) is 5.36. The van der Waals surface area contributed by atoms with Gasteiger partial charge in [-0.3, -0.25) is 9.78 Å². The predicted molar refractivity (Wildman–Crippen MR) is 116 cm³/mol. The first-order chi connectivity index (χ1) is 14.9. The van der Waals surface area contributed by atoms with Gasteiger partial charge < -0.3 is 14.5 Å². The Hall–Kier alpha value is -2.96. The molecule has 7 heteroatoms. The Balaban J connectivity index is 1.69. The zero-order chi connectivity index (χ0) is 22.4. The zero-order valence-corrected chi connectivity index (χ0v) is 18.3. The quantitative estimate of drug-likeness (QED) is 0.691. The fourth-order valence-electron chi connectivity index (χ4n) is 3.83. The summed E-state index contributed by atoms with van der Waals surface area (Å²) in [7, 11) is 1.76. The van der Waals surface area contributed by atoms with Gasteiger partial charge in [-0.15, -0.1) is 0 Å². The number of benzene rings is 1. The first-order valence-electron chi connectivity index (χ1n) is 10.7. The smallest absolute Gasteiger partial charge is 0.409 e. The summed E-state index contributed by atoms with van der Waals surface area (Å²) in [5.74, 6) is -0.234. The summed E-state index contributed by atoms with van der Waals surface area (Å²) in [4.78, 5) is 33.3. The lowest BCUT2D eigenvalue weighted by Gasteiger charge is -2.35. The van der Waals surface area contributed by atoms with Crippen molar-refractivity contribution in [3.63, 3.8) is 0 Å². The second-order valence-corrected chi connectivity index (χ2v) is 8.39. The third-order valence-corrected chi connectivity index (χ3v) is 5.53. The van der Waals surface area contributed by atoms with Gasteiger partial charge in [-0.1, -0.05) is 32.0 Å². The van der Waals surface area contributed by atoms with Gasteiger partial charge in [-0.2, -0.15) is 0 Å². The van der Waals surface area contributed by atoms with Crippen LogP contribution in [0.3, 0.4) is 0 Å². The van der Waals surface area contributed by atoms with Gasteiger partial charge in [-0.25, -0.2) is 9.18 Å². The fraction of sp³-hybridized carbons (Fsp3) is 0.458. The Morgan fingerprint density at radius 2 is 1.84 bits per heavy atom. The number of hydrogen-bond acceptors (Lipinski definition) is 4. The van der Waals surface area contributed by atoms with Crippen LogP contribution in [0, 0.1) is 17.7 Å². The molecule has 1 aliphatic heterocycles. The Labute approximate surface area is 183 Å². The van der Waals surface area contributed by atoms with E-state index in [-0.39, 0.29) is 29.7 Å². The summed E-state index contributed by atoms with van der Waals surface area (Å²) in [5.41, 5.74) is 1.52. The van der Waals surface area contributed by atoms with Crippen molar-refractivity contribution >= 4 is 12.0 Å². The van der Waals surface area contributed by atoms with E-state index in [1.807, 2.05) is 32.0 Å². The third kappa shape index (κ3) is 5.81. The number of likely N-dealkylation sites (tertiary alicyclic amines) is 1. The summed E-state index contributed by atoms with van der Waals surface area (Å²) in [6.07, 6.45) is 2.54. The van der Waals surface area contributed by atoms with Crippen molar-refractivity contribution in [2.45, 2.75) is 32.7 Å². The second-order valence-electron chi connectivity index (χ2n) is 8.39. The number of amides is 2. The van der Waals surface area contributed by atoms with Crippen LogP contribution in [0.15, 0.2) is 48.7 Å². The van der Waals surface area contributed by atoms with Gasteiger partial charge in [0.25, 0.3) is 0 Å². The molecule has 0 saturated carbocycles. The molecular weight excluding hydrogens is 397 g/mol. The first kappa shape index (κ1) is 22.7. The number of carbonyl (C=O) groups is 2. The van der Waals surface area contributed by atoms with Gasteiger partial charge in [0.15, 0.2) is 0 Å². The second kappa shape index (κ2) is 10.4. The van der Waals surface area contributed by atoms with Crippen molar-refractivity contribution in [2.75, 3.05) is 26.7 Å². The van der Waals surface area contributed by atoms with Crippen molar-refractivity contribution in [1.29, 1.82) is 0 Å². The number of rotatable bonds is 6. The zero-order valence-electron chi connectivity index (χ0n) is 18.3. The minimum Gasteiger partial charge on any atom is -0.449 e. The minimum absolute atomic E-state index is 0.00447. The Morgan fingerprint density at radius 3 is 2.42 bits per heavy atom. The van der Waals surface area contributed by atoms with Crippen molar-refractivity contribution in [2.24, 2.45) is 11.8 Å². The fourth-order valence-corrected chi connectivity index (χ4v) is 3.83. The number of nitrogens with zero attached hydrogens (tertiary/aromatic N) is 3. The molecule has 3 rings (SSSR count). The topological polar surface area (TPSA) is 62.7 Å². The average molecular weight is 428 g/mol. The predicted octanol–water partition coefficient (Wildman–Crippen LogP) is 4.27. The van der Waals surface area contributed by atoms with Gasteiger partial charge in [-0.05, 0) is 48.6 Å². The van der Waals surface area contributed by atoms with Crippen molar-refractivity contribution in [1.82, 2.24) is 14.8 Å². The summed E-state index contributed by atoms with van der Waals surface area (Å²) < 4.78 is 18.8. The van der Waals surface area contributed by atoms with Crippen molar-refractivity contribution < 1.29 is 18.7 Å². The molecule has 0 spiro atoms. The number of halogens is 1. The summed E-state index contributed by atoms with van der Waals surface area (Å²) in [5, 5.41) is 0. The number of piperidine rings is 1. The molecule has 0 bridgehead atoms. The number of pyridine rings is 1. The normalized spacial score (nSPS) is 15.6. The maximum Gasteiger partial charge on any atom is 0.409 e. The monoisotopic (exact) mass is 427 g/mol. The molecule has 1 unspecified atom stereocenters. The molecular formula is C24H30FN3O3. The van der Waals surface area contributed by atoms with E-state index in [0.29, 0.717) is 32.5 Å². The molecule has 1 aromatic heterocycles. The molecule has 1 saturated heterocycles. The molecule has 1 aliphatic rings. The molecule has 166 valence electrons. The maximum absolute atomic E-state index is 13.5. The highest BCUT2D eigenvalue weighted by molar-refractivity contribution is 5.80. The summed E-state index contributed by atoms with van der Waals surface area (Å²) in [6, 6.07) is 11.3. The van der Waals surface area contributed by atoms with E-state index < -0.39 is 6.04 Å². The Morgan fingerprint density at radius 1 is 1.16 bits per heavy atom. The lowest BCUT2D eigenvalue weighted by Crippen LogP contribution is -2.44. The van der Waals surface area contributed by atoms with Gasteiger partial charge in [0, 0.05) is 32.3 Å². The van der Waals surface area contributed by atoms with Crippen LogP contribution in [0.1, 0.15) is 44.0 Å². The van der Waals surface area contributed by atoms with Crippen LogP contribution >= 0.6 is 0 Å².